The highest BCUT2D eigenvalue weighted by Crippen LogP contribution is 1.89. The van der Waals surface area contributed by atoms with Crippen LogP contribution in [-0.2, 0) is 14.3 Å². The molecular weight excluding hydrogens is 198 g/mol. The summed E-state index contributed by atoms with van der Waals surface area (Å²) < 4.78 is 4.87. The van der Waals surface area contributed by atoms with Gasteiger partial charge in [0.1, 0.15) is 13.2 Å². The molecule has 0 bridgehead atoms. The van der Waals surface area contributed by atoms with E-state index in [0.29, 0.717) is 18.7 Å². The van der Waals surface area contributed by atoms with Crippen LogP contribution < -0.4 is 4.90 Å². The maximum atomic E-state index is 11.0. The van der Waals surface area contributed by atoms with E-state index in [2.05, 4.69) is 6.58 Å². The van der Waals surface area contributed by atoms with Crippen molar-refractivity contribution in [2.75, 3.05) is 26.7 Å². The second-order valence-electron chi connectivity index (χ2n) is 3.52. The number of hydrogen-bond donors (Lipinski definition) is 2. The number of likely N-dealkylation sites (N-methyl/N-ethyl adjacent to an activating group) is 1. The van der Waals surface area contributed by atoms with Crippen LogP contribution in [0.1, 0.15) is 13.3 Å². The molecule has 0 aromatic carbocycles. The number of carboxylic acids is 1. The predicted octanol–water partition coefficient (Wildman–Crippen LogP) is -0.905. The van der Waals surface area contributed by atoms with E-state index >= 15 is 0 Å². The Balaban J connectivity index is 3.54. The first-order valence-electron chi connectivity index (χ1n) is 4.79. The zero-order valence-corrected chi connectivity index (χ0v) is 9.21. The minimum absolute atomic E-state index is 0.125. The Bertz CT molecular complexity index is 250. The number of aliphatic carboxylic acids is 1. The lowest BCUT2D eigenvalue weighted by atomic mass is 10.4. The lowest BCUT2D eigenvalue weighted by molar-refractivity contribution is -0.879. The third kappa shape index (κ3) is 7.69. The Kier molecular flexibility index (Phi) is 6.37. The predicted molar refractivity (Wildman–Crippen MR) is 54.6 cm³/mol. The third-order valence-corrected chi connectivity index (χ3v) is 1.88. The molecule has 1 unspecified atom stereocenters. The van der Waals surface area contributed by atoms with Crippen molar-refractivity contribution in [3.63, 3.8) is 0 Å². The fourth-order valence-electron chi connectivity index (χ4n) is 0.886. The van der Waals surface area contributed by atoms with Gasteiger partial charge in [0.15, 0.2) is 0 Å². The molecule has 1 atom stereocenters. The van der Waals surface area contributed by atoms with E-state index in [-0.39, 0.29) is 13.0 Å². The normalized spacial score (nSPS) is 11.9. The molecule has 0 aromatic heterocycles. The summed E-state index contributed by atoms with van der Waals surface area (Å²) in [4.78, 5) is 22.3. The van der Waals surface area contributed by atoms with Gasteiger partial charge in [0.25, 0.3) is 0 Å². The van der Waals surface area contributed by atoms with Gasteiger partial charge in [0.05, 0.1) is 20.0 Å². The molecule has 0 aliphatic carbocycles. The topological polar surface area (TPSA) is 68.0 Å². The van der Waals surface area contributed by atoms with Crippen LogP contribution in [0.25, 0.3) is 0 Å². The Labute approximate surface area is 89.3 Å². The maximum Gasteiger partial charge on any atom is 0.333 e. The van der Waals surface area contributed by atoms with Crippen molar-refractivity contribution in [2.45, 2.75) is 13.3 Å². The van der Waals surface area contributed by atoms with Crippen molar-refractivity contribution in [1.29, 1.82) is 0 Å². The number of ether oxygens (including phenoxy) is 1. The van der Waals surface area contributed by atoms with Gasteiger partial charge in [-0.15, -0.1) is 0 Å². The van der Waals surface area contributed by atoms with Crippen LogP contribution >= 0.6 is 0 Å². The van der Waals surface area contributed by atoms with Gasteiger partial charge in [0, 0.05) is 5.57 Å². The molecule has 5 nitrogen and oxygen atoms in total. The fraction of sp³-hybridized carbons (Fsp3) is 0.600. The largest absolute Gasteiger partial charge is 0.481 e. The molecular formula is C10H18NO4+. The summed E-state index contributed by atoms with van der Waals surface area (Å²) in [6, 6.07) is 0. The molecule has 15 heavy (non-hydrogen) atoms. The standard InChI is InChI=1S/C10H17NO4/c1-8(2)10(14)15-7-6-11(3)5-4-9(12)13/h1,4-7H2,2-3H3,(H,12,13)/p+1. The van der Waals surface area contributed by atoms with Crippen LogP contribution in [0.15, 0.2) is 12.2 Å². The van der Waals surface area contributed by atoms with Gasteiger partial charge in [-0.3, -0.25) is 4.79 Å². The SMILES string of the molecule is C=C(C)C(=O)OCC[NH+](C)CCC(=O)O. The second-order valence-corrected chi connectivity index (χ2v) is 3.52. The molecule has 0 spiro atoms. The molecule has 0 rings (SSSR count). The molecule has 0 saturated heterocycles. The summed E-state index contributed by atoms with van der Waals surface area (Å²) in [5.74, 6) is -1.21. The summed E-state index contributed by atoms with van der Waals surface area (Å²) in [5.41, 5.74) is 0.373. The van der Waals surface area contributed by atoms with Gasteiger partial charge in [-0.05, 0) is 6.92 Å². The van der Waals surface area contributed by atoms with Gasteiger partial charge in [-0.1, -0.05) is 6.58 Å². The first kappa shape index (κ1) is 13.6. The van der Waals surface area contributed by atoms with Crippen LogP contribution in [0.3, 0.4) is 0 Å². The van der Waals surface area contributed by atoms with Gasteiger partial charge in [-0.25, -0.2) is 4.79 Å². The lowest BCUT2D eigenvalue weighted by Crippen LogP contribution is -3.09. The highest BCUT2D eigenvalue weighted by Gasteiger charge is 2.07. The summed E-state index contributed by atoms with van der Waals surface area (Å²) in [7, 11) is 1.86. The third-order valence-electron chi connectivity index (χ3n) is 1.88. The van der Waals surface area contributed by atoms with Gasteiger partial charge in [-0.2, -0.15) is 0 Å². The molecule has 86 valence electrons. The molecule has 0 aromatic rings. The van der Waals surface area contributed by atoms with E-state index in [1.807, 2.05) is 7.05 Å². The van der Waals surface area contributed by atoms with Gasteiger partial charge < -0.3 is 14.7 Å². The number of esters is 1. The van der Waals surface area contributed by atoms with Crippen molar-refractivity contribution >= 4 is 11.9 Å². The molecule has 0 aliphatic rings. The number of carbonyl (C=O) groups is 2. The molecule has 0 aliphatic heterocycles. The first-order valence-corrected chi connectivity index (χ1v) is 4.79. The molecule has 0 heterocycles. The summed E-state index contributed by atoms with van der Waals surface area (Å²) >= 11 is 0. The average molecular weight is 216 g/mol. The molecule has 5 heteroatoms. The van der Waals surface area contributed by atoms with E-state index in [9.17, 15) is 9.59 Å². The Morgan fingerprint density at radius 1 is 1.40 bits per heavy atom. The second kappa shape index (κ2) is 7.00. The van der Waals surface area contributed by atoms with Crippen LogP contribution in [0.4, 0.5) is 0 Å². The van der Waals surface area contributed by atoms with E-state index in [4.69, 9.17) is 9.84 Å². The Hall–Kier alpha value is -1.36. The summed E-state index contributed by atoms with van der Waals surface area (Å²) in [6.07, 6.45) is 0.125. The average Bonchev–Trinajstić information content (AvgIpc) is 2.14. The van der Waals surface area contributed by atoms with E-state index in [1.54, 1.807) is 6.92 Å². The number of carboxylic acid groups (broad SMARTS) is 1. The summed E-state index contributed by atoms with van der Waals surface area (Å²) in [6.45, 7) is 6.46. The van der Waals surface area contributed by atoms with E-state index in [1.165, 1.54) is 0 Å². The first-order chi connectivity index (χ1) is 6.93. The fourth-order valence-corrected chi connectivity index (χ4v) is 0.886. The van der Waals surface area contributed by atoms with Crippen molar-refractivity contribution in [3.8, 4) is 0 Å². The molecule has 0 fully saturated rings. The number of carbonyl (C=O) groups excluding carboxylic acids is 1. The van der Waals surface area contributed by atoms with Crippen LogP contribution in [0.2, 0.25) is 0 Å². The quantitative estimate of drug-likeness (QED) is 0.427. The van der Waals surface area contributed by atoms with Crippen molar-refractivity contribution in [2.24, 2.45) is 0 Å². The minimum atomic E-state index is -0.812. The Morgan fingerprint density at radius 3 is 2.47 bits per heavy atom. The number of quaternary nitrogens is 1. The Morgan fingerprint density at radius 2 is 2.00 bits per heavy atom. The molecule has 2 N–H and O–H groups in total. The van der Waals surface area contributed by atoms with Gasteiger partial charge in [0.2, 0.25) is 0 Å². The highest BCUT2D eigenvalue weighted by molar-refractivity contribution is 5.86. The van der Waals surface area contributed by atoms with Crippen LogP contribution in [-0.4, -0.2) is 43.8 Å². The molecule has 0 amide bonds. The van der Waals surface area contributed by atoms with Gasteiger partial charge >= 0.3 is 11.9 Å². The number of rotatable bonds is 7. The van der Waals surface area contributed by atoms with E-state index in [0.717, 1.165) is 4.90 Å². The van der Waals surface area contributed by atoms with Crippen molar-refractivity contribution in [1.82, 2.24) is 0 Å². The zero-order valence-electron chi connectivity index (χ0n) is 9.21. The molecule has 0 saturated carbocycles. The highest BCUT2D eigenvalue weighted by atomic mass is 16.5. The van der Waals surface area contributed by atoms with Crippen LogP contribution in [0.5, 0.6) is 0 Å². The number of hydrogen-bond acceptors (Lipinski definition) is 3. The van der Waals surface area contributed by atoms with Crippen LogP contribution in [0, 0.1) is 0 Å². The van der Waals surface area contributed by atoms with E-state index < -0.39 is 11.9 Å². The number of nitrogens with one attached hydrogen (secondary N) is 1. The zero-order chi connectivity index (χ0) is 11.8. The van der Waals surface area contributed by atoms with Crippen molar-refractivity contribution in [3.05, 3.63) is 12.2 Å². The molecule has 0 radical (unpaired) electrons. The van der Waals surface area contributed by atoms with Crippen molar-refractivity contribution < 1.29 is 24.3 Å². The lowest BCUT2D eigenvalue weighted by Gasteiger charge is -2.12. The monoisotopic (exact) mass is 216 g/mol. The minimum Gasteiger partial charge on any atom is -0.481 e. The summed E-state index contributed by atoms with van der Waals surface area (Å²) in [5, 5.41) is 8.44. The maximum absolute atomic E-state index is 11.0. The smallest absolute Gasteiger partial charge is 0.333 e.